The van der Waals surface area contributed by atoms with Gasteiger partial charge in [-0.15, -0.1) is 0 Å². The molecule has 1 aliphatic carbocycles. The zero-order valence-corrected chi connectivity index (χ0v) is 12.3. The molecule has 1 aromatic rings. The second-order valence-corrected chi connectivity index (χ2v) is 5.53. The van der Waals surface area contributed by atoms with E-state index >= 15 is 0 Å². The number of carbonyl (C=O) groups excluding carboxylic acids is 2. The second kappa shape index (κ2) is 6.32. The Balaban J connectivity index is 1.61. The summed E-state index contributed by atoms with van der Waals surface area (Å²) in [5.74, 6) is -2.14. The van der Waals surface area contributed by atoms with Crippen molar-refractivity contribution in [1.29, 1.82) is 0 Å². The predicted molar refractivity (Wildman–Crippen MR) is 77.6 cm³/mol. The van der Waals surface area contributed by atoms with Crippen molar-refractivity contribution in [3.05, 3.63) is 48.0 Å². The Kier molecular flexibility index (Phi) is 4.24. The Labute approximate surface area is 128 Å². The minimum atomic E-state index is -0.852. The Hall–Kier alpha value is -2.14. The molecule has 0 bridgehead atoms. The molecule has 0 saturated carbocycles. The van der Waals surface area contributed by atoms with E-state index in [2.05, 4.69) is 0 Å². The first kappa shape index (κ1) is 14.8. The van der Waals surface area contributed by atoms with Gasteiger partial charge in [0.05, 0.1) is 20.3 Å². The fourth-order valence-corrected chi connectivity index (χ4v) is 3.11. The zero-order valence-electron chi connectivity index (χ0n) is 12.3. The van der Waals surface area contributed by atoms with Gasteiger partial charge in [0.1, 0.15) is 6.10 Å². The highest BCUT2D eigenvalue weighted by Gasteiger charge is 2.53. The minimum absolute atomic E-state index is 0.0238. The molecule has 0 spiro atoms. The van der Waals surface area contributed by atoms with Crippen LogP contribution in [-0.4, -0.2) is 31.8 Å². The fraction of sp³-hybridized carbons (Fsp3) is 0.412. The van der Waals surface area contributed by atoms with Gasteiger partial charge < -0.3 is 14.2 Å². The van der Waals surface area contributed by atoms with Crippen LogP contribution in [0.25, 0.3) is 0 Å². The molecule has 0 amide bonds. The monoisotopic (exact) mass is 302 g/mol. The third-order valence-electron chi connectivity index (χ3n) is 4.19. The maximum atomic E-state index is 11.8. The van der Waals surface area contributed by atoms with Crippen LogP contribution in [0.3, 0.4) is 0 Å². The standard InChI is InChI=1S/C17H18O5/c1-20-16(18)15-14-12(7-8-13(14)22-17(15)19)10-21-9-11-5-3-2-4-6-11/h2-8,12-15H,9-10H2,1H3/t12-,13-,14+,15?/m0/s1. The molecule has 1 aromatic carbocycles. The lowest BCUT2D eigenvalue weighted by molar-refractivity contribution is -0.155. The van der Waals surface area contributed by atoms with Crippen molar-refractivity contribution in [3.63, 3.8) is 0 Å². The summed E-state index contributed by atoms with van der Waals surface area (Å²) in [5.41, 5.74) is 1.09. The van der Waals surface area contributed by atoms with Crippen LogP contribution in [0.4, 0.5) is 0 Å². The summed E-state index contributed by atoms with van der Waals surface area (Å²) < 4.78 is 15.7. The normalized spacial score (nSPS) is 29.2. The highest BCUT2D eigenvalue weighted by molar-refractivity contribution is 5.97. The van der Waals surface area contributed by atoms with Crippen molar-refractivity contribution < 1.29 is 23.8 Å². The third-order valence-corrected chi connectivity index (χ3v) is 4.19. The van der Waals surface area contributed by atoms with Gasteiger partial charge in [0.15, 0.2) is 5.92 Å². The summed E-state index contributed by atoms with van der Waals surface area (Å²) in [7, 11) is 1.28. The summed E-state index contributed by atoms with van der Waals surface area (Å²) in [5, 5.41) is 0. The molecule has 2 aliphatic rings. The van der Waals surface area contributed by atoms with Gasteiger partial charge in [0, 0.05) is 11.8 Å². The first-order chi connectivity index (χ1) is 10.7. The number of hydrogen-bond acceptors (Lipinski definition) is 5. The minimum Gasteiger partial charge on any atom is -0.468 e. The quantitative estimate of drug-likeness (QED) is 0.471. The molecule has 1 fully saturated rings. The van der Waals surface area contributed by atoms with E-state index in [0.717, 1.165) is 5.56 Å². The van der Waals surface area contributed by atoms with E-state index in [0.29, 0.717) is 13.2 Å². The molecule has 116 valence electrons. The number of carbonyl (C=O) groups is 2. The summed E-state index contributed by atoms with van der Waals surface area (Å²) in [6.07, 6.45) is 3.45. The molecular formula is C17H18O5. The van der Waals surface area contributed by atoms with Gasteiger partial charge in [-0.1, -0.05) is 36.4 Å². The van der Waals surface area contributed by atoms with Gasteiger partial charge in [0.2, 0.25) is 0 Å². The van der Waals surface area contributed by atoms with Gasteiger partial charge >= 0.3 is 11.9 Å². The number of rotatable bonds is 5. The van der Waals surface area contributed by atoms with Gasteiger partial charge in [-0.05, 0) is 11.6 Å². The van der Waals surface area contributed by atoms with E-state index in [1.165, 1.54) is 7.11 Å². The molecule has 0 radical (unpaired) electrons. The maximum Gasteiger partial charge on any atom is 0.321 e. The lowest BCUT2D eigenvalue weighted by Crippen LogP contribution is -2.32. The first-order valence-corrected chi connectivity index (χ1v) is 7.29. The van der Waals surface area contributed by atoms with Crippen LogP contribution < -0.4 is 0 Å². The van der Waals surface area contributed by atoms with Gasteiger partial charge in [-0.3, -0.25) is 9.59 Å². The van der Waals surface area contributed by atoms with Crippen molar-refractivity contribution in [1.82, 2.24) is 0 Å². The molecule has 0 N–H and O–H groups in total. The number of ether oxygens (including phenoxy) is 3. The Morgan fingerprint density at radius 2 is 2.00 bits per heavy atom. The molecule has 3 rings (SSSR count). The summed E-state index contributed by atoms with van der Waals surface area (Å²) in [6.45, 7) is 0.941. The zero-order chi connectivity index (χ0) is 15.5. The van der Waals surface area contributed by atoms with Crippen LogP contribution in [0, 0.1) is 17.8 Å². The van der Waals surface area contributed by atoms with Crippen LogP contribution in [0.15, 0.2) is 42.5 Å². The smallest absolute Gasteiger partial charge is 0.321 e. The number of hydrogen-bond donors (Lipinski definition) is 0. The molecule has 1 saturated heterocycles. The molecule has 22 heavy (non-hydrogen) atoms. The van der Waals surface area contributed by atoms with Crippen LogP contribution in [0.5, 0.6) is 0 Å². The van der Waals surface area contributed by atoms with Gasteiger partial charge in [-0.25, -0.2) is 0 Å². The molecule has 1 heterocycles. The maximum absolute atomic E-state index is 11.8. The predicted octanol–water partition coefficient (Wildman–Crippen LogP) is 1.72. The average molecular weight is 302 g/mol. The van der Waals surface area contributed by atoms with Crippen LogP contribution in [-0.2, 0) is 30.4 Å². The molecule has 1 unspecified atom stereocenters. The molecular weight excluding hydrogens is 284 g/mol. The number of benzene rings is 1. The van der Waals surface area contributed by atoms with E-state index in [9.17, 15) is 9.59 Å². The van der Waals surface area contributed by atoms with Crippen molar-refractivity contribution in [3.8, 4) is 0 Å². The number of esters is 2. The average Bonchev–Trinajstić information content (AvgIpc) is 3.06. The van der Waals surface area contributed by atoms with Gasteiger partial charge in [0.25, 0.3) is 0 Å². The van der Waals surface area contributed by atoms with Crippen molar-refractivity contribution in [2.45, 2.75) is 12.7 Å². The Morgan fingerprint density at radius 3 is 2.73 bits per heavy atom. The van der Waals surface area contributed by atoms with E-state index in [1.807, 2.05) is 42.5 Å². The van der Waals surface area contributed by atoms with Gasteiger partial charge in [-0.2, -0.15) is 0 Å². The van der Waals surface area contributed by atoms with Crippen molar-refractivity contribution in [2.75, 3.05) is 13.7 Å². The summed E-state index contributed by atoms with van der Waals surface area (Å²) in [6, 6.07) is 9.86. The molecule has 1 aliphatic heterocycles. The second-order valence-electron chi connectivity index (χ2n) is 5.53. The van der Waals surface area contributed by atoms with Crippen molar-refractivity contribution >= 4 is 11.9 Å². The highest BCUT2D eigenvalue weighted by atomic mass is 16.6. The summed E-state index contributed by atoms with van der Waals surface area (Å²) >= 11 is 0. The van der Waals surface area contributed by atoms with Crippen LogP contribution >= 0.6 is 0 Å². The van der Waals surface area contributed by atoms with Crippen molar-refractivity contribution in [2.24, 2.45) is 17.8 Å². The van der Waals surface area contributed by atoms with E-state index in [1.54, 1.807) is 0 Å². The number of methoxy groups -OCH3 is 1. The molecule has 5 heteroatoms. The Bertz CT molecular complexity index is 580. The highest BCUT2D eigenvalue weighted by Crippen LogP contribution is 2.41. The third kappa shape index (κ3) is 2.76. The topological polar surface area (TPSA) is 61.8 Å². The molecule has 5 nitrogen and oxygen atoms in total. The molecule has 0 aromatic heterocycles. The lowest BCUT2D eigenvalue weighted by Gasteiger charge is -2.20. The first-order valence-electron chi connectivity index (χ1n) is 7.29. The van der Waals surface area contributed by atoms with E-state index < -0.39 is 17.9 Å². The lowest BCUT2D eigenvalue weighted by atomic mass is 9.84. The SMILES string of the molecule is COC(=O)C1C(=O)O[C@H]2C=C[C@@H](COCc3ccccc3)[C@@H]12. The largest absolute Gasteiger partial charge is 0.468 e. The van der Waals surface area contributed by atoms with Crippen LogP contribution in [0.1, 0.15) is 5.56 Å². The fourth-order valence-electron chi connectivity index (χ4n) is 3.11. The van der Waals surface area contributed by atoms with E-state index in [-0.39, 0.29) is 17.9 Å². The Morgan fingerprint density at radius 1 is 1.23 bits per heavy atom. The molecule has 4 atom stereocenters. The van der Waals surface area contributed by atoms with Crippen LogP contribution in [0.2, 0.25) is 0 Å². The number of fused-ring (bicyclic) bond motifs is 1. The van der Waals surface area contributed by atoms with E-state index in [4.69, 9.17) is 14.2 Å². The summed E-state index contributed by atoms with van der Waals surface area (Å²) in [4.78, 5) is 23.6.